The molecule has 0 N–H and O–H groups in total. The van der Waals surface area contributed by atoms with Gasteiger partial charge < -0.3 is 4.74 Å². The molecular weight excluding hydrogens is 272 g/mol. The van der Waals surface area contributed by atoms with Crippen LogP contribution in [0.5, 0.6) is 0 Å². The molecule has 0 aliphatic carbocycles. The molecule has 3 rings (SSSR count). The third kappa shape index (κ3) is 2.84. The first-order valence-electron chi connectivity index (χ1n) is 6.96. The van der Waals surface area contributed by atoms with Crippen molar-refractivity contribution in [2.45, 2.75) is 0 Å². The van der Waals surface area contributed by atoms with Crippen LogP contribution in [0.3, 0.4) is 0 Å². The highest BCUT2D eigenvalue weighted by Gasteiger charge is 2.11. The molecule has 0 amide bonds. The number of carbonyl (C=O) groups excluding carboxylic acids is 1. The first kappa shape index (κ1) is 13.9. The van der Waals surface area contributed by atoms with Gasteiger partial charge in [-0.15, -0.1) is 0 Å². The number of fused-ring (bicyclic) bond motifs is 1. The number of hydrogen-bond acceptors (Lipinski definition) is 2. The zero-order valence-electron chi connectivity index (χ0n) is 12.2. The van der Waals surface area contributed by atoms with Crippen molar-refractivity contribution in [3.63, 3.8) is 0 Å². The van der Waals surface area contributed by atoms with Crippen molar-refractivity contribution in [1.29, 1.82) is 0 Å². The Kier molecular flexibility index (Phi) is 3.89. The van der Waals surface area contributed by atoms with Crippen LogP contribution in [0.4, 0.5) is 0 Å². The van der Waals surface area contributed by atoms with Crippen LogP contribution in [-0.4, -0.2) is 13.1 Å². The summed E-state index contributed by atoms with van der Waals surface area (Å²) in [6, 6.07) is 21.3. The summed E-state index contributed by atoms with van der Waals surface area (Å²) in [5.74, 6) is 5.87. The lowest BCUT2D eigenvalue weighted by atomic mass is 10.0. The van der Waals surface area contributed by atoms with Crippen molar-refractivity contribution in [3.05, 3.63) is 83.4 Å². The molecule has 0 radical (unpaired) electrons. The van der Waals surface area contributed by atoms with E-state index in [1.807, 2.05) is 60.7 Å². The second-order valence-electron chi connectivity index (χ2n) is 4.85. The third-order valence-electron chi connectivity index (χ3n) is 3.39. The molecule has 0 saturated carbocycles. The zero-order chi connectivity index (χ0) is 15.4. The molecule has 22 heavy (non-hydrogen) atoms. The van der Waals surface area contributed by atoms with Crippen molar-refractivity contribution in [2.75, 3.05) is 7.11 Å². The normalized spacial score (nSPS) is 9.86. The van der Waals surface area contributed by atoms with Gasteiger partial charge in [0, 0.05) is 11.1 Å². The van der Waals surface area contributed by atoms with Crippen LogP contribution in [0, 0.1) is 11.8 Å². The fourth-order valence-corrected chi connectivity index (χ4v) is 2.33. The van der Waals surface area contributed by atoms with Crippen LogP contribution in [0.25, 0.3) is 10.8 Å². The van der Waals surface area contributed by atoms with Gasteiger partial charge in [0.1, 0.15) is 0 Å². The molecule has 0 unspecified atom stereocenters. The number of methoxy groups -OCH3 is 1. The zero-order valence-corrected chi connectivity index (χ0v) is 12.2. The van der Waals surface area contributed by atoms with Crippen LogP contribution in [0.2, 0.25) is 0 Å². The molecule has 0 atom stereocenters. The molecule has 3 aromatic rings. The molecule has 0 spiro atoms. The van der Waals surface area contributed by atoms with Crippen LogP contribution in [0.15, 0.2) is 66.7 Å². The van der Waals surface area contributed by atoms with E-state index < -0.39 is 0 Å². The quantitative estimate of drug-likeness (QED) is 0.499. The molecular formula is C20H14O2. The average molecular weight is 286 g/mol. The van der Waals surface area contributed by atoms with Gasteiger partial charge in [0.05, 0.1) is 12.7 Å². The highest BCUT2D eigenvalue weighted by Crippen LogP contribution is 2.21. The van der Waals surface area contributed by atoms with Crippen LogP contribution >= 0.6 is 0 Å². The van der Waals surface area contributed by atoms with Crippen molar-refractivity contribution in [2.24, 2.45) is 0 Å². The Balaban J connectivity index is 2.12. The van der Waals surface area contributed by atoms with E-state index in [-0.39, 0.29) is 5.97 Å². The summed E-state index contributed by atoms with van der Waals surface area (Å²) >= 11 is 0. The lowest BCUT2D eigenvalue weighted by molar-refractivity contribution is 0.0603. The maximum absolute atomic E-state index is 12.0. The minimum absolute atomic E-state index is 0.348. The van der Waals surface area contributed by atoms with Gasteiger partial charge in [0.2, 0.25) is 0 Å². The molecule has 3 aromatic carbocycles. The fourth-order valence-electron chi connectivity index (χ4n) is 2.33. The third-order valence-corrected chi connectivity index (χ3v) is 3.39. The van der Waals surface area contributed by atoms with Gasteiger partial charge in [0.15, 0.2) is 0 Å². The van der Waals surface area contributed by atoms with Crippen LogP contribution in [0.1, 0.15) is 21.5 Å². The SMILES string of the molecule is COC(=O)c1cc(C#Cc2ccccc2)cc2ccccc12. The lowest BCUT2D eigenvalue weighted by Gasteiger charge is -2.06. The molecule has 2 heteroatoms. The summed E-state index contributed by atoms with van der Waals surface area (Å²) in [6.45, 7) is 0. The standard InChI is InChI=1S/C20H14O2/c1-22-20(21)19-14-16(12-11-15-7-3-2-4-8-15)13-17-9-5-6-10-18(17)19/h2-10,13-14H,1H3. The monoisotopic (exact) mass is 286 g/mol. The van der Waals surface area contributed by atoms with E-state index in [9.17, 15) is 4.79 Å². The van der Waals surface area contributed by atoms with Crippen LogP contribution in [-0.2, 0) is 4.74 Å². The smallest absolute Gasteiger partial charge is 0.338 e. The molecule has 0 bridgehead atoms. The largest absolute Gasteiger partial charge is 0.465 e. The maximum atomic E-state index is 12.0. The van der Waals surface area contributed by atoms with E-state index >= 15 is 0 Å². The summed E-state index contributed by atoms with van der Waals surface area (Å²) in [4.78, 5) is 12.0. The number of esters is 1. The van der Waals surface area contributed by atoms with E-state index in [2.05, 4.69) is 11.8 Å². The molecule has 0 aliphatic heterocycles. The summed E-state index contributed by atoms with van der Waals surface area (Å²) < 4.78 is 4.88. The van der Waals surface area contributed by atoms with E-state index in [0.717, 1.165) is 21.9 Å². The highest BCUT2D eigenvalue weighted by molar-refractivity contribution is 6.05. The van der Waals surface area contributed by atoms with Gasteiger partial charge in [0.25, 0.3) is 0 Å². The minimum Gasteiger partial charge on any atom is -0.465 e. The maximum Gasteiger partial charge on any atom is 0.338 e. The van der Waals surface area contributed by atoms with Crippen molar-refractivity contribution in [3.8, 4) is 11.8 Å². The predicted molar refractivity (Wildman–Crippen MR) is 87.7 cm³/mol. The Labute approximate surface area is 129 Å². The fraction of sp³-hybridized carbons (Fsp3) is 0.0500. The topological polar surface area (TPSA) is 26.3 Å². The van der Waals surface area contributed by atoms with Gasteiger partial charge in [-0.25, -0.2) is 4.79 Å². The van der Waals surface area contributed by atoms with Gasteiger partial charge in [-0.05, 0) is 35.0 Å². The molecule has 0 aromatic heterocycles. The first-order chi connectivity index (χ1) is 10.8. The number of ether oxygens (including phenoxy) is 1. The van der Waals surface area contributed by atoms with E-state index in [1.165, 1.54) is 7.11 Å². The Morgan fingerprint density at radius 2 is 1.55 bits per heavy atom. The Morgan fingerprint density at radius 1 is 0.864 bits per heavy atom. The average Bonchev–Trinajstić information content (AvgIpc) is 2.59. The van der Waals surface area contributed by atoms with Crippen molar-refractivity contribution in [1.82, 2.24) is 0 Å². The predicted octanol–water partition coefficient (Wildman–Crippen LogP) is 4.03. The summed E-state index contributed by atoms with van der Waals surface area (Å²) in [5.41, 5.74) is 2.27. The Morgan fingerprint density at radius 3 is 2.32 bits per heavy atom. The number of hydrogen-bond donors (Lipinski definition) is 0. The number of carbonyl (C=O) groups is 1. The highest BCUT2D eigenvalue weighted by atomic mass is 16.5. The minimum atomic E-state index is -0.348. The number of benzene rings is 3. The van der Waals surface area contributed by atoms with Crippen molar-refractivity contribution < 1.29 is 9.53 Å². The molecule has 0 aliphatic rings. The molecule has 0 fully saturated rings. The first-order valence-corrected chi connectivity index (χ1v) is 6.96. The van der Waals surface area contributed by atoms with Crippen molar-refractivity contribution >= 4 is 16.7 Å². The Bertz CT molecular complexity index is 884. The second kappa shape index (κ2) is 6.15. The van der Waals surface area contributed by atoms with Gasteiger partial charge >= 0.3 is 5.97 Å². The molecule has 0 heterocycles. The van der Waals surface area contributed by atoms with Crippen LogP contribution < -0.4 is 0 Å². The molecule has 106 valence electrons. The Hall–Kier alpha value is -3.05. The van der Waals surface area contributed by atoms with Gasteiger partial charge in [-0.1, -0.05) is 54.3 Å². The van der Waals surface area contributed by atoms with Gasteiger partial charge in [-0.2, -0.15) is 0 Å². The summed E-state index contributed by atoms with van der Waals surface area (Å²) in [6.07, 6.45) is 0. The summed E-state index contributed by atoms with van der Waals surface area (Å²) in [5, 5.41) is 1.85. The van der Waals surface area contributed by atoms with E-state index in [4.69, 9.17) is 4.74 Å². The number of rotatable bonds is 1. The molecule has 0 saturated heterocycles. The van der Waals surface area contributed by atoms with E-state index in [0.29, 0.717) is 5.56 Å². The summed E-state index contributed by atoms with van der Waals surface area (Å²) in [7, 11) is 1.39. The lowest BCUT2D eigenvalue weighted by Crippen LogP contribution is -2.02. The van der Waals surface area contributed by atoms with Gasteiger partial charge in [-0.3, -0.25) is 0 Å². The van der Waals surface area contributed by atoms with E-state index in [1.54, 1.807) is 6.07 Å². The molecule has 2 nitrogen and oxygen atoms in total. The second-order valence-corrected chi connectivity index (χ2v) is 4.85.